The standard InChI is InChI=1S/C21H25BrN6O5S2/c1-14(13-29)26-20-19(22)12-24-21(28-20)27-16-4-8-18(9-5-16)35(32,33)25-11-10-15-2-6-17(7-3-15)34(23,30)31/h2-9,12,14,25,29H,10-11,13H2,1H3,(H2,23,30,31)(H2,24,26,27,28)/t14-/m1/s1. The number of sulfonamides is 2. The third kappa shape index (κ3) is 7.68. The molecule has 0 fully saturated rings. The van der Waals surface area contributed by atoms with Crippen molar-refractivity contribution in [3.05, 3.63) is 64.8 Å². The molecule has 3 rings (SSSR count). The summed E-state index contributed by atoms with van der Waals surface area (Å²) < 4.78 is 51.0. The summed E-state index contributed by atoms with van der Waals surface area (Å²) in [5.74, 6) is 0.801. The Balaban J connectivity index is 1.60. The predicted octanol–water partition coefficient (Wildman–Crippen LogP) is 1.94. The van der Waals surface area contributed by atoms with Crippen LogP contribution >= 0.6 is 15.9 Å². The molecule has 1 heterocycles. The average molecular weight is 586 g/mol. The van der Waals surface area contributed by atoms with Crippen LogP contribution in [0.1, 0.15) is 12.5 Å². The van der Waals surface area contributed by atoms with Crippen LogP contribution in [0.5, 0.6) is 0 Å². The number of aliphatic hydroxyl groups is 1. The summed E-state index contributed by atoms with van der Waals surface area (Å²) >= 11 is 3.35. The van der Waals surface area contributed by atoms with Gasteiger partial charge in [-0.1, -0.05) is 12.1 Å². The number of aliphatic hydroxyl groups excluding tert-OH is 1. The SMILES string of the molecule is C[C@H](CO)Nc1nc(Nc2ccc(S(=O)(=O)NCCc3ccc(S(N)(=O)=O)cc3)cc2)ncc1Br. The van der Waals surface area contributed by atoms with E-state index in [0.717, 1.165) is 5.56 Å². The first kappa shape index (κ1) is 27.0. The molecule has 0 aliphatic heterocycles. The van der Waals surface area contributed by atoms with Crippen molar-refractivity contribution in [2.45, 2.75) is 29.2 Å². The van der Waals surface area contributed by atoms with E-state index in [1.54, 1.807) is 37.4 Å². The zero-order valence-electron chi connectivity index (χ0n) is 18.6. The van der Waals surface area contributed by atoms with Gasteiger partial charge >= 0.3 is 0 Å². The minimum absolute atomic E-state index is 0.00345. The second-order valence-corrected chi connectivity index (χ2v) is 11.8. The molecule has 2 aromatic carbocycles. The Morgan fingerprint density at radius 3 is 2.26 bits per heavy atom. The molecule has 14 heteroatoms. The maximum atomic E-state index is 12.6. The van der Waals surface area contributed by atoms with E-state index in [-0.39, 0.29) is 29.0 Å². The van der Waals surface area contributed by atoms with Crippen molar-refractivity contribution in [1.29, 1.82) is 0 Å². The molecule has 35 heavy (non-hydrogen) atoms. The highest BCUT2D eigenvalue weighted by Gasteiger charge is 2.14. The molecule has 0 amide bonds. The highest BCUT2D eigenvalue weighted by Crippen LogP contribution is 2.23. The Hall–Kier alpha value is -2.62. The van der Waals surface area contributed by atoms with Gasteiger partial charge in [-0.25, -0.2) is 31.7 Å². The first-order valence-corrected chi connectivity index (χ1v) is 14.2. The number of hydrogen-bond acceptors (Lipinski definition) is 9. The van der Waals surface area contributed by atoms with E-state index in [0.29, 0.717) is 28.3 Å². The topological polar surface area (TPSA) is 176 Å². The maximum absolute atomic E-state index is 12.6. The number of benzene rings is 2. The molecule has 188 valence electrons. The van der Waals surface area contributed by atoms with E-state index < -0.39 is 20.0 Å². The molecule has 0 aliphatic rings. The van der Waals surface area contributed by atoms with Crippen LogP contribution < -0.4 is 20.5 Å². The van der Waals surface area contributed by atoms with E-state index in [2.05, 4.69) is 41.3 Å². The predicted molar refractivity (Wildman–Crippen MR) is 136 cm³/mol. The van der Waals surface area contributed by atoms with E-state index in [4.69, 9.17) is 5.14 Å². The molecule has 0 unspecified atom stereocenters. The molecular formula is C21H25BrN6O5S2. The largest absolute Gasteiger partial charge is 0.394 e. The monoisotopic (exact) mass is 584 g/mol. The zero-order chi connectivity index (χ0) is 25.6. The van der Waals surface area contributed by atoms with Gasteiger partial charge in [-0.3, -0.25) is 0 Å². The summed E-state index contributed by atoms with van der Waals surface area (Å²) in [5, 5.41) is 20.3. The summed E-state index contributed by atoms with van der Waals surface area (Å²) in [7, 11) is -7.52. The van der Waals surface area contributed by atoms with Crippen LogP contribution in [0.3, 0.4) is 0 Å². The van der Waals surface area contributed by atoms with Crippen molar-refractivity contribution in [2.75, 3.05) is 23.8 Å². The molecule has 0 saturated carbocycles. The highest BCUT2D eigenvalue weighted by molar-refractivity contribution is 9.10. The Labute approximate surface area is 212 Å². The van der Waals surface area contributed by atoms with Crippen LogP contribution in [0.15, 0.2) is 69.0 Å². The van der Waals surface area contributed by atoms with Crippen LogP contribution in [0.4, 0.5) is 17.5 Å². The number of anilines is 3. The van der Waals surface area contributed by atoms with E-state index in [1.807, 2.05) is 0 Å². The summed E-state index contributed by atoms with van der Waals surface area (Å²) in [4.78, 5) is 8.62. The fourth-order valence-corrected chi connectivity index (χ4v) is 4.77. The molecule has 0 spiro atoms. The first-order chi connectivity index (χ1) is 16.5. The molecule has 0 aliphatic carbocycles. The van der Waals surface area contributed by atoms with Gasteiger partial charge in [0.2, 0.25) is 26.0 Å². The molecular weight excluding hydrogens is 560 g/mol. The minimum Gasteiger partial charge on any atom is -0.394 e. The highest BCUT2D eigenvalue weighted by atomic mass is 79.9. The van der Waals surface area contributed by atoms with Crippen molar-refractivity contribution >= 4 is 53.4 Å². The van der Waals surface area contributed by atoms with Crippen molar-refractivity contribution in [1.82, 2.24) is 14.7 Å². The Morgan fingerprint density at radius 1 is 1.03 bits per heavy atom. The fraction of sp³-hybridized carbons (Fsp3) is 0.238. The van der Waals surface area contributed by atoms with Crippen LogP contribution in [0.25, 0.3) is 0 Å². The summed E-state index contributed by atoms with van der Waals surface area (Å²) in [6.07, 6.45) is 1.93. The normalized spacial score (nSPS) is 12.8. The Bertz CT molecular complexity index is 1370. The minimum atomic E-state index is -3.77. The molecule has 1 atom stereocenters. The number of halogens is 1. The van der Waals surface area contributed by atoms with Crippen molar-refractivity contribution in [2.24, 2.45) is 5.14 Å². The van der Waals surface area contributed by atoms with Gasteiger partial charge in [0.1, 0.15) is 5.82 Å². The second kappa shape index (κ2) is 11.4. The van der Waals surface area contributed by atoms with Crippen LogP contribution in [0, 0.1) is 0 Å². The lowest BCUT2D eigenvalue weighted by Crippen LogP contribution is -2.26. The molecule has 11 nitrogen and oxygen atoms in total. The van der Waals surface area contributed by atoms with Crippen LogP contribution in [-0.2, 0) is 26.5 Å². The van der Waals surface area contributed by atoms with Crippen molar-refractivity contribution in [3.63, 3.8) is 0 Å². The number of nitrogens with two attached hydrogens (primary N) is 1. The molecule has 1 aromatic heterocycles. The molecule has 0 radical (unpaired) electrons. The summed E-state index contributed by atoms with van der Waals surface area (Å²) in [5.41, 5.74) is 1.35. The zero-order valence-corrected chi connectivity index (χ0v) is 21.9. The van der Waals surface area contributed by atoms with Gasteiger partial charge in [-0.2, -0.15) is 4.98 Å². The maximum Gasteiger partial charge on any atom is 0.240 e. The summed E-state index contributed by atoms with van der Waals surface area (Å²) in [6, 6.07) is 11.8. The van der Waals surface area contributed by atoms with E-state index >= 15 is 0 Å². The van der Waals surface area contributed by atoms with Crippen molar-refractivity contribution < 1.29 is 21.9 Å². The van der Waals surface area contributed by atoms with Gasteiger partial charge in [0, 0.05) is 24.5 Å². The van der Waals surface area contributed by atoms with E-state index in [9.17, 15) is 21.9 Å². The Morgan fingerprint density at radius 2 is 1.66 bits per heavy atom. The third-order valence-corrected chi connectivity index (χ3v) is 7.77. The van der Waals surface area contributed by atoms with Gasteiger partial charge in [0.25, 0.3) is 0 Å². The lowest BCUT2D eigenvalue weighted by atomic mass is 10.2. The number of rotatable bonds is 11. The lowest BCUT2D eigenvalue weighted by molar-refractivity contribution is 0.281. The van der Waals surface area contributed by atoms with Crippen LogP contribution in [-0.4, -0.2) is 51.1 Å². The smallest absolute Gasteiger partial charge is 0.240 e. The van der Waals surface area contributed by atoms with Gasteiger partial charge < -0.3 is 15.7 Å². The number of primary sulfonamides is 1. The number of hydrogen-bond donors (Lipinski definition) is 5. The molecule has 0 bridgehead atoms. The summed E-state index contributed by atoms with van der Waals surface area (Å²) in [6.45, 7) is 1.87. The fourth-order valence-electron chi connectivity index (χ4n) is 2.91. The van der Waals surface area contributed by atoms with Gasteiger partial charge in [-0.05, 0) is 71.2 Å². The second-order valence-electron chi connectivity index (χ2n) is 7.60. The van der Waals surface area contributed by atoms with Gasteiger partial charge in [-0.15, -0.1) is 0 Å². The van der Waals surface area contributed by atoms with Gasteiger partial charge in [0.05, 0.1) is 20.9 Å². The third-order valence-electron chi connectivity index (χ3n) is 4.78. The van der Waals surface area contributed by atoms with Gasteiger partial charge in [0.15, 0.2) is 0 Å². The average Bonchev–Trinajstić information content (AvgIpc) is 2.81. The number of nitrogens with zero attached hydrogens (tertiary/aromatic N) is 2. The molecule has 0 saturated heterocycles. The molecule has 3 aromatic rings. The lowest BCUT2D eigenvalue weighted by Gasteiger charge is -2.14. The quantitative estimate of drug-likeness (QED) is 0.225. The Kier molecular flexibility index (Phi) is 8.79. The van der Waals surface area contributed by atoms with Crippen LogP contribution in [0.2, 0.25) is 0 Å². The first-order valence-electron chi connectivity index (χ1n) is 10.4. The van der Waals surface area contributed by atoms with E-state index in [1.165, 1.54) is 24.3 Å². The number of aromatic nitrogens is 2. The van der Waals surface area contributed by atoms with Crippen molar-refractivity contribution in [3.8, 4) is 0 Å². The number of nitrogens with one attached hydrogen (secondary N) is 3. The molecule has 6 N–H and O–H groups in total.